The molecule has 2 aromatic rings. The van der Waals surface area contributed by atoms with Crippen molar-refractivity contribution in [2.75, 3.05) is 43.4 Å². The van der Waals surface area contributed by atoms with E-state index >= 15 is 0 Å². The van der Waals surface area contributed by atoms with Crippen LogP contribution >= 0.6 is 11.8 Å². The Balaban J connectivity index is 2.12. The lowest BCUT2D eigenvalue weighted by Gasteiger charge is -2.28. The first kappa shape index (κ1) is 16.3. The lowest BCUT2D eigenvalue weighted by molar-refractivity contribution is 0.322. The van der Waals surface area contributed by atoms with Crippen LogP contribution in [0.1, 0.15) is 6.92 Å². The van der Waals surface area contributed by atoms with Crippen LogP contribution in [0.2, 0.25) is 0 Å². The van der Waals surface area contributed by atoms with E-state index in [1.54, 1.807) is 7.05 Å². The molecular weight excluding hydrogens is 316 g/mol. The monoisotopic (exact) mass is 338 g/mol. The van der Waals surface area contributed by atoms with E-state index in [9.17, 15) is 4.79 Å². The second-order valence-corrected chi connectivity index (χ2v) is 6.46. The molecule has 9 heteroatoms. The highest BCUT2D eigenvalue weighted by Crippen LogP contribution is 2.22. The highest BCUT2D eigenvalue weighted by atomic mass is 32.2. The van der Waals surface area contributed by atoms with Gasteiger partial charge in [-0.1, -0.05) is 11.8 Å². The van der Waals surface area contributed by atoms with Crippen molar-refractivity contribution < 1.29 is 5.11 Å². The highest BCUT2D eigenvalue weighted by molar-refractivity contribution is 7.99. The summed E-state index contributed by atoms with van der Waals surface area (Å²) in [6.45, 7) is 6.31. The predicted octanol–water partition coefficient (Wildman–Crippen LogP) is -0.356. The molecule has 0 unspecified atom stereocenters. The molecule has 1 aliphatic heterocycles. The largest absolute Gasteiger partial charge is 0.396 e. The van der Waals surface area contributed by atoms with Crippen molar-refractivity contribution >= 4 is 28.9 Å². The molecule has 8 nitrogen and oxygen atoms in total. The average Bonchev–Trinajstić information content (AvgIpc) is 2.96. The first-order valence-electron chi connectivity index (χ1n) is 7.84. The Labute approximate surface area is 138 Å². The molecule has 0 aromatic carbocycles. The summed E-state index contributed by atoms with van der Waals surface area (Å²) in [6.07, 6.45) is 0. The lowest BCUT2D eigenvalue weighted by atomic mass is 10.4. The Morgan fingerprint density at radius 2 is 2.04 bits per heavy atom. The molecule has 0 atom stereocenters. The van der Waals surface area contributed by atoms with Gasteiger partial charge in [0, 0.05) is 45.5 Å². The van der Waals surface area contributed by atoms with Gasteiger partial charge in [-0.25, -0.2) is 4.98 Å². The van der Waals surface area contributed by atoms with Gasteiger partial charge in [-0.3, -0.25) is 9.36 Å². The maximum atomic E-state index is 12.7. The number of piperazine rings is 1. The summed E-state index contributed by atoms with van der Waals surface area (Å²) in [5, 5.41) is 12.9. The van der Waals surface area contributed by atoms with Crippen molar-refractivity contribution in [1.82, 2.24) is 24.4 Å². The SMILES string of the molecule is CCn1c(N2CCNCC2)nc2nc(SCCO)n(C)c(=O)c21. The molecular formula is C14H22N6O2S. The summed E-state index contributed by atoms with van der Waals surface area (Å²) in [5.74, 6) is 1.32. The third-order valence-corrected chi connectivity index (χ3v) is 4.97. The van der Waals surface area contributed by atoms with Crippen LogP contribution in [0.5, 0.6) is 0 Å². The number of anilines is 1. The topological polar surface area (TPSA) is 88.2 Å². The third-order valence-electron chi connectivity index (χ3n) is 3.96. The second kappa shape index (κ2) is 6.90. The number of aliphatic hydroxyl groups excluding tert-OH is 1. The minimum absolute atomic E-state index is 0.0496. The van der Waals surface area contributed by atoms with Crippen LogP contribution in [0.25, 0.3) is 11.2 Å². The van der Waals surface area contributed by atoms with Gasteiger partial charge in [0.05, 0.1) is 6.61 Å². The van der Waals surface area contributed by atoms with Gasteiger partial charge in [0.1, 0.15) is 0 Å². The van der Waals surface area contributed by atoms with Crippen LogP contribution in [-0.4, -0.2) is 62.7 Å². The van der Waals surface area contributed by atoms with Crippen LogP contribution in [-0.2, 0) is 13.6 Å². The van der Waals surface area contributed by atoms with Crippen molar-refractivity contribution in [2.45, 2.75) is 18.6 Å². The molecule has 3 rings (SSSR count). The Morgan fingerprint density at radius 3 is 2.70 bits per heavy atom. The Kier molecular flexibility index (Phi) is 4.88. The molecule has 2 N–H and O–H groups in total. The molecule has 0 radical (unpaired) electrons. The van der Waals surface area contributed by atoms with E-state index in [2.05, 4.69) is 20.2 Å². The molecule has 0 saturated carbocycles. The quantitative estimate of drug-likeness (QED) is 0.569. The van der Waals surface area contributed by atoms with Gasteiger partial charge in [-0.15, -0.1) is 0 Å². The van der Waals surface area contributed by atoms with E-state index in [1.807, 2.05) is 11.5 Å². The summed E-state index contributed by atoms with van der Waals surface area (Å²) >= 11 is 1.36. The van der Waals surface area contributed by atoms with Crippen molar-refractivity contribution in [3.05, 3.63) is 10.4 Å². The molecule has 126 valence electrons. The van der Waals surface area contributed by atoms with E-state index in [0.29, 0.717) is 28.6 Å². The lowest BCUT2D eigenvalue weighted by Crippen LogP contribution is -2.44. The first-order chi connectivity index (χ1) is 11.2. The number of rotatable bonds is 5. The van der Waals surface area contributed by atoms with Gasteiger partial charge in [-0.05, 0) is 6.92 Å². The molecule has 0 aliphatic carbocycles. The molecule has 1 fully saturated rings. The van der Waals surface area contributed by atoms with Crippen LogP contribution in [0.15, 0.2) is 9.95 Å². The highest BCUT2D eigenvalue weighted by Gasteiger charge is 2.22. The smallest absolute Gasteiger partial charge is 0.280 e. The molecule has 0 amide bonds. The van der Waals surface area contributed by atoms with Crippen molar-refractivity contribution in [2.24, 2.45) is 7.05 Å². The minimum Gasteiger partial charge on any atom is -0.396 e. The zero-order valence-electron chi connectivity index (χ0n) is 13.4. The maximum absolute atomic E-state index is 12.7. The number of hydrogen-bond donors (Lipinski definition) is 2. The number of nitrogens with zero attached hydrogens (tertiary/aromatic N) is 5. The number of aryl methyl sites for hydroxylation is 1. The second-order valence-electron chi connectivity index (χ2n) is 5.40. The van der Waals surface area contributed by atoms with Gasteiger partial charge in [0.15, 0.2) is 16.3 Å². The molecule has 0 bridgehead atoms. The maximum Gasteiger partial charge on any atom is 0.280 e. The zero-order chi connectivity index (χ0) is 16.4. The first-order valence-corrected chi connectivity index (χ1v) is 8.82. The van der Waals surface area contributed by atoms with Crippen LogP contribution in [0, 0.1) is 0 Å². The van der Waals surface area contributed by atoms with Crippen LogP contribution in [0.3, 0.4) is 0 Å². The Morgan fingerprint density at radius 1 is 1.30 bits per heavy atom. The van der Waals surface area contributed by atoms with E-state index in [4.69, 9.17) is 5.11 Å². The van der Waals surface area contributed by atoms with Crippen molar-refractivity contribution in [3.8, 4) is 0 Å². The standard InChI is InChI=1S/C14H22N6O2S/c1-3-20-10-11(16-13(20)19-6-4-15-5-7-19)17-14(23-9-8-21)18(2)12(10)22/h15,21H,3-9H2,1-2H3. The Hall–Kier alpha value is -1.58. The predicted molar refractivity (Wildman–Crippen MR) is 91.3 cm³/mol. The fourth-order valence-corrected chi connectivity index (χ4v) is 3.50. The number of hydrogen-bond acceptors (Lipinski definition) is 7. The van der Waals surface area contributed by atoms with E-state index < -0.39 is 0 Å². The molecule has 0 spiro atoms. The fraction of sp³-hybridized carbons (Fsp3) is 0.643. The van der Waals surface area contributed by atoms with E-state index in [-0.39, 0.29) is 12.2 Å². The van der Waals surface area contributed by atoms with Gasteiger partial charge in [0.25, 0.3) is 5.56 Å². The van der Waals surface area contributed by atoms with Crippen LogP contribution in [0.4, 0.5) is 5.95 Å². The van der Waals surface area contributed by atoms with E-state index in [1.165, 1.54) is 16.3 Å². The molecule has 1 saturated heterocycles. The number of fused-ring (bicyclic) bond motifs is 1. The van der Waals surface area contributed by atoms with Crippen molar-refractivity contribution in [3.63, 3.8) is 0 Å². The summed E-state index contributed by atoms with van der Waals surface area (Å²) in [7, 11) is 1.71. The summed E-state index contributed by atoms with van der Waals surface area (Å²) in [6, 6.07) is 0. The minimum atomic E-state index is -0.0915. The molecule has 23 heavy (non-hydrogen) atoms. The van der Waals surface area contributed by atoms with Crippen LogP contribution < -0.4 is 15.8 Å². The number of imidazole rings is 1. The Bertz CT molecular complexity index is 750. The number of thioether (sulfide) groups is 1. The molecule has 1 aliphatic rings. The molecule has 3 heterocycles. The fourth-order valence-electron chi connectivity index (χ4n) is 2.80. The zero-order valence-corrected chi connectivity index (χ0v) is 14.3. The normalized spacial score (nSPS) is 15.5. The number of nitrogens with one attached hydrogen (secondary N) is 1. The summed E-state index contributed by atoms with van der Waals surface area (Å²) in [5.41, 5.74) is 0.951. The number of aromatic nitrogens is 4. The molecule has 2 aromatic heterocycles. The summed E-state index contributed by atoms with van der Waals surface area (Å²) < 4.78 is 3.49. The van der Waals surface area contributed by atoms with Crippen molar-refractivity contribution in [1.29, 1.82) is 0 Å². The third kappa shape index (κ3) is 2.96. The number of aliphatic hydroxyl groups is 1. The van der Waals surface area contributed by atoms with Gasteiger partial charge >= 0.3 is 0 Å². The van der Waals surface area contributed by atoms with Gasteiger partial charge in [-0.2, -0.15) is 4.98 Å². The van der Waals surface area contributed by atoms with E-state index in [0.717, 1.165) is 32.1 Å². The van der Waals surface area contributed by atoms with Gasteiger partial charge in [0.2, 0.25) is 5.95 Å². The van der Waals surface area contributed by atoms with Gasteiger partial charge < -0.3 is 19.9 Å². The summed E-state index contributed by atoms with van der Waals surface area (Å²) in [4.78, 5) is 24.1. The average molecular weight is 338 g/mol.